The Hall–Kier alpha value is -2.47. The smallest absolute Gasteiger partial charge is 0.354 e. The minimum absolute atomic E-state index is 0.178. The van der Waals surface area contributed by atoms with Crippen LogP contribution in [0.1, 0.15) is 33.5 Å². The predicted molar refractivity (Wildman–Crippen MR) is 90.8 cm³/mol. The van der Waals surface area contributed by atoms with Gasteiger partial charge in [-0.15, -0.1) is 0 Å². The van der Waals surface area contributed by atoms with Gasteiger partial charge in [-0.1, -0.05) is 23.7 Å². The summed E-state index contributed by atoms with van der Waals surface area (Å²) < 4.78 is 10.6. The zero-order valence-electron chi connectivity index (χ0n) is 13.5. The van der Waals surface area contributed by atoms with Crippen LogP contribution in [0, 0.1) is 0 Å². The molecule has 0 bridgehead atoms. The summed E-state index contributed by atoms with van der Waals surface area (Å²) in [6.07, 6.45) is 0.643. The fraction of sp³-hybridized carbons (Fsp3) is 0.294. The van der Waals surface area contributed by atoms with Gasteiger partial charge in [0.1, 0.15) is 11.4 Å². The van der Waals surface area contributed by atoms with Gasteiger partial charge in [0.2, 0.25) is 0 Å². The predicted octanol–water partition coefficient (Wildman–Crippen LogP) is 2.83. The molecule has 0 aliphatic carbocycles. The van der Waals surface area contributed by atoms with E-state index in [9.17, 15) is 9.59 Å². The standard InChI is InChI=1S/C17H19ClN2O4/c1-3-23-17(22)13-10-14(15(20-13)16(21)19-2)24-9-8-11-4-6-12(18)7-5-11/h4-7,10,20H,3,8-9H2,1-2H3,(H,19,21). The van der Waals surface area contributed by atoms with Crippen LogP contribution in [0.25, 0.3) is 0 Å². The van der Waals surface area contributed by atoms with Crippen LogP contribution in [-0.2, 0) is 11.2 Å². The lowest BCUT2D eigenvalue weighted by Gasteiger charge is -2.06. The molecule has 6 nitrogen and oxygen atoms in total. The second kappa shape index (κ2) is 8.40. The Kier molecular flexibility index (Phi) is 6.26. The topological polar surface area (TPSA) is 80.4 Å². The third-order valence-electron chi connectivity index (χ3n) is 3.29. The number of halogens is 1. The molecule has 2 rings (SSSR count). The van der Waals surface area contributed by atoms with E-state index >= 15 is 0 Å². The SMILES string of the molecule is CCOC(=O)c1cc(OCCc2ccc(Cl)cc2)c(C(=O)NC)[nH]1. The van der Waals surface area contributed by atoms with Gasteiger partial charge in [0, 0.05) is 24.6 Å². The minimum atomic E-state index is -0.532. The van der Waals surface area contributed by atoms with Crippen molar-refractivity contribution in [2.75, 3.05) is 20.3 Å². The van der Waals surface area contributed by atoms with Crippen LogP contribution in [0.4, 0.5) is 0 Å². The van der Waals surface area contributed by atoms with Crippen LogP contribution >= 0.6 is 11.6 Å². The van der Waals surface area contributed by atoms with E-state index in [2.05, 4.69) is 10.3 Å². The molecule has 0 unspecified atom stereocenters. The molecule has 0 atom stereocenters. The second-order valence-electron chi connectivity index (χ2n) is 4.95. The van der Waals surface area contributed by atoms with Gasteiger partial charge in [0.05, 0.1) is 13.2 Å². The summed E-state index contributed by atoms with van der Waals surface area (Å²) in [4.78, 5) is 26.4. The number of H-pyrrole nitrogens is 1. The van der Waals surface area contributed by atoms with E-state index in [0.717, 1.165) is 5.56 Å². The van der Waals surface area contributed by atoms with Crippen molar-refractivity contribution in [1.29, 1.82) is 0 Å². The molecule has 2 N–H and O–H groups in total. The van der Waals surface area contributed by atoms with Crippen molar-refractivity contribution in [3.8, 4) is 5.75 Å². The largest absolute Gasteiger partial charge is 0.491 e. The number of nitrogens with one attached hydrogen (secondary N) is 2. The van der Waals surface area contributed by atoms with E-state index < -0.39 is 5.97 Å². The average molecular weight is 351 g/mol. The maximum Gasteiger partial charge on any atom is 0.354 e. The third kappa shape index (κ3) is 4.52. The molecule has 1 heterocycles. The Balaban J connectivity index is 2.08. The van der Waals surface area contributed by atoms with Crippen LogP contribution in [0.5, 0.6) is 5.75 Å². The molecule has 1 amide bonds. The molecule has 0 saturated carbocycles. The number of ether oxygens (including phenoxy) is 2. The molecule has 1 aromatic carbocycles. The number of hydrogen-bond acceptors (Lipinski definition) is 4. The molecule has 0 radical (unpaired) electrons. The first-order valence-corrected chi connectivity index (χ1v) is 7.92. The van der Waals surface area contributed by atoms with Crippen LogP contribution in [0.3, 0.4) is 0 Å². The first-order valence-electron chi connectivity index (χ1n) is 7.54. The van der Waals surface area contributed by atoms with Gasteiger partial charge in [-0.2, -0.15) is 0 Å². The average Bonchev–Trinajstić information content (AvgIpc) is 3.00. The highest BCUT2D eigenvalue weighted by atomic mass is 35.5. The summed E-state index contributed by atoms with van der Waals surface area (Å²) in [5.41, 5.74) is 1.43. The van der Waals surface area contributed by atoms with Gasteiger partial charge < -0.3 is 19.8 Å². The maximum atomic E-state index is 11.9. The fourth-order valence-corrected chi connectivity index (χ4v) is 2.22. The number of benzene rings is 1. The molecule has 1 aromatic heterocycles. The molecule has 0 spiro atoms. The molecule has 128 valence electrons. The van der Waals surface area contributed by atoms with Gasteiger partial charge in [-0.3, -0.25) is 4.79 Å². The summed E-state index contributed by atoms with van der Waals surface area (Å²) >= 11 is 5.85. The van der Waals surface area contributed by atoms with Gasteiger partial charge in [0.15, 0.2) is 5.75 Å². The quantitative estimate of drug-likeness (QED) is 0.752. The highest BCUT2D eigenvalue weighted by molar-refractivity contribution is 6.30. The Labute approximate surface area is 145 Å². The Bertz CT molecular complexity index is 710. The van der Waals surface area contributed by atoms with E-state index in [1.807, 2.05) is 24.3 Å². The molecule has 0 saturated heterocycles. The van der Waals surface area contributed by atoms with Crippen LogP contribution in [0.2, 0.25) is 5.02 Å². The van der Waals surface area contributed by atoms with Crippen LogP contribution < -0.4 is 10.1 Å². The molecule has 0 aliphatic heterocycles. The fourth-order valence-electron chi connectivity index (χ4n) is 2.09. The Morgan fingerprint density at radius 1 is 1.25 bits per heavy atom. The maximum absolute atomic E-state index is 11.9. The van der Waals surface area contributed by atoms with Crippen molar-refractivity contribution in [3.63, 3.8) is 0 Å². The lowest BCUT2D eigenvalue weighted by atomic mass is 10.2. The van der Waals surface area contributed by atoms with E-state index in [-0.39, 0.29) is 23.9 Å². The van der Waals surface area contributed by atoms with Gasteiger partial charge in [-0.25, -0.2) is 4.79 Å². The summed E-state index contributed by atoms with van der Waals surface area (Å²) in [6.45, 7) is 2.32. The highest BCUT2D eigenvalue weighted by Crippen LogP contribution is 2.21. The van der Waals surface area contributed by atoms with Gasteiger partial charge >= 0.3 is 5.97 Å². The van der Waals surface area contributed by atoms with Crippen LogP contribution in [-0.4, -0.2) is 37.1 Å². The highest BCUT2D eigenvalue weighted by Gasteiger charge is 2.20. The lowest BCUT2D eigenvalue weighted by molar-refractivity contribution is 0.0520. The van der Waals surface area contributed by atoms with Crippen molar-refractivity contribution in [2.24, 2.45) is 0 Å². The van der Waals surface area contributed by atoms with Gasteiger partial charge in [0.25, 0.3) is 5.91 Å². The second-order valence-corrected chi connectivity index (χ2v) is 5.38. The summed E-state index contributed by atoms with van der Waals surface area (Å²) in [5.74, 6) is -0.589. The number of esters is 1. The molecule has 24 heavy (non-hydrogen) atoms. The van der Waals surface area contributed by atoms with Crippen molar-refractivity contribution in [1.82, 2.24) is 10.3 Å². The zero-order valence-corrected chi connectivity index (χ0v) is 14.3. The Morgan fingerprint density at radius 3 is 2.58 bits per heavy atom. The van der Waals surface area contributed by atoms with E-state index in [1.165, 1.54) is 13.1 Å². The number of aromatic nitrogens is 1. The lowest BCUT2D eigenvalue weighted by Crippen LogP contribution is -2.19. The van der Waals surface area contributed by atoms with Crippen LogP contribution in [0.15, 0.2) is 30.3 Å². The number of amides is 1. The molecular weight excluding hydrogens is 332 g/mol. The van der Waals surface area contributed by atoms with Crippen molar-refractivity contribution in [3.05, 3.63) is 52.3 Å². The van der Waals surface area contributed by atoms with E-state index in [4.69, 9.17) is 21.1 Å². The Morgan fingerprint density at radius 2 is 1.96 bits per heavy atom. The van der Waals surface area contributed by atoms with Crippen molar-refractivity contribution < 1.29 is 19.1 Å². The molecule has 7 heteroatoms. The summed E-state index contributed by atoms with van der Waals surface area (Å²) in [5, 5.41) is 3.18. The zero-order chi connectivity index (χ0) is 17.5. The number of carbonyl (C=O) groups excluding carboxylic acids is 2. The first-order chi connectivity index (χ1) is 11.5. The number of rotatable bonds is 7. The molecule has 2 aromatic rings. The monoisotopic (exact) mass is 350 g/mol. The summed E-state index contributed by atoms with van der Waals surface area (Å²) in [7, 11) is 1.50. The van der Waals surface area contributed by atoms with E-state index in [0.29, 0.717) is 23.8 Å². The number of hydrogen-bond donors (Lipinski definition) is 2. The normalized spacial score (nSPS) is 10.3. The molecular formula is C17H19ClN2O4. The van der Waals surface area contributed by atoms with Crippen molar-refractivity contribution >= 4 is 23.5 Å². The first kappa shape index (κ1) is 17.9. The minimum Gasteiger partial charge on any atom is -0.491 e. The van der Waals surface area contributed by atoms with Gasteiger partial charge in [-0.05, 0) is 24.6 Å². The molecule has 0 fully saturated rings. The summed E-state index contributed by atoms with van der Waals surface area (Å²) in [6, 6.07) is 8.91. The van der Waals surface area contributed by atoms with Crippen molar-refractivity contribution in [2.45, 2.75) is 13.3 Å². The number of carbonyl (C=O) groups is 2. The number of aromatic amines is 1. The van der Waals surface area contributed by atoms with E-state index in [1.54, 1.807) is 6.92 Å². The molecule has 0 aliphatic rings. The third-order valence-corrected chi connectivity index (χ3v) is 3.54.